The van der Waals surface area contributed by atoms with Crippen LogP contribution in [0.4, 0.5) is 0 Å². The van der Waals surface area contributed by atoms with E-state index >= 15 is 0 Å². The number of thiophene rings is 1. The molecule has 0 unspecified atom stereocenters. The van der Waals surface area contributed by atoms with Crippen LogP contribution in [-0.2, 0) is 0 Å². The Labute approximate surface area is 357 Å². The zero-order valence-corrected chi connectivity index (χ0v) is 33.7. The fourth-order valence-electron chi connectivity index (χ4n) is 8.28. The SMILES string of the molecule is c1ccc(-c2cccc3c2sc2c(-c4ccc(-c5cc(-c6cccnc6)cc(-c6cccnc6)c5)nc4-c4cc(-c5cccnc5)cc(-c5cccnc5)c4)cccc23)cc1. The summed E-state index contributed by atoms with van der Waals surface area (Å²) in [6, 6.07) is 58.1. The van der Waals surface area contributed by atoms with Crippen molar-refractivity contribution in [1.82, 2.24) is 24.9 Å². The summed E-state index contributed by atoms with van der Waals surface area (Å²) in [6.07, 6.45) is 14.9. The van der Waals surface area contributed by atoms with Gasteiger partial charge in [-0.3, -0.25) is 19.9 Å². The number of hydrogen-bond acceptors (Lipinski definition) is 6. The Kier molecular flexibility index (Phi) is 9.30. The summed E-state index contributed by atoms with van der Waals surface area (Å²) < 4.78 is 2.50. The minimum atomic E-state index is 0.860. The summed E-state index contributed by atoms with van der Waals surface area (Å²) in [4.78, 5) is 23.6. The number of rotatable bonds is 8. The molecule has 0 bridgehead atoms. The topological polar surface area (TPSA) is 64.5 Å². The smallest absolute Gasteiger partial charge is 0.0788 e. The summed E-state index contributed by atoms with van der Waals surface area (Å²) in [6.45, 7) is 0. The maximum atomic E-state index is 5.70. The van der Waals surface area contributed by atoms with E-state index in [-0.39, 0.29) is 0 Å². The fourth-order valence-corrected chi connectivity index (χ4v) is 9.64. The molecule has 0 atom stereocenters. The zero-order valence-electron chi connectivity index (χ0n) is 32.9. The first-order valence-electron chi connectivity index (χ1n) is 20.2. The average molecular weight is 798 g/mol. The van der Waals surface area contributed by atoms with Gasteiger partial charge in [0.15, 0.2) is 0 Å². The van der Waals surface area contributed by atoms with E-state index in [1.807, 2.05) is 72.8 Å². The van der Waals surface area contributed by atoms with E-state index in [2.05, 4.69) is 159 Å². The van der Waals surface area contributed by atoms with E-state index in [4.69, 9.17) is 4.98 Å². The molecular formula is C55H35N5S. The molecule has 0 spiro atoms. The van der Waals surface area contributed by atoms with Crippen LogP contribution in [0.1, 0.15) is 0 Å². The largest absolute Gasteiger partial charge is 0.264 e. The molecule has 0 amide bonds. The Morgan fingerprint density at radius 3 is 1.23 bits per heavy atom. The molecular weight excluding hydrogens is 763 g/mol. The van der Waals surface area contributed by atoms with Gasteiger partial charge in [0, 0.05) is 114 Å². The van der Waals surface area contributed by atoms with Crippen molar-refractivity contribution in [1.29, 1.82) is 0 Å². The van der Waals surface area contributed by atoms with Gasteiger partial charge in [0.1, 0.15) is 0 Å². The summed E-state index contributed by atoms with van der Waals surface area (Å²) in [7, 11) is 0. The highest BCUT2D eigenvalue weighted by Gasteiger charge is 2.20. The van der Waals surface area contributed by atoms with E-state index in [9.17, 15) is 0 Å². The first kappa shape index (κ1) is 36.2. The number of aromatic nitrogens is 5. The van der Waals surface area contributed by atoms with Crippen LogP contribution in [0.3, 0.4) is 0 Å². The monoisotopic (exact) mass is 797 g/mol. The summed E-state index contributed by atoms with van der Waals surface area (Å²) >= 11 is 1.85. The summed E-state index contributed by atoms with van der Waals surface area (Å²) in [5.74, 6) is 0. The van der Waals surface area contributed by atoms with Gasteiger partial charge in [0.25, 0.3) is 0 Å². The molecule has 0 aliphatic carbocycles. The van der Waals surface area contributed by atoms with Crippen LogP contribution in [0.15, 0.2) is 213 Å². The number of pyridine rings is 5. The number of hydrogen-bond donors (Lipinski definition) is 0. The number of benzene rings is 5. The van der Waals surface area contributed by atoms with E-state index in [1.165, 1.54) is 31.3 Å². The molecule has 0 aliphatic heterocycles. The first-order chi connectivity index (χ1) is 30.2. The lowest BCUT2D eigenvalue weighted by atomic mass is 9.91. The summed E-state index contributed by atoms with van der Waals surface area (Å²) in [5.41, 5.74) is 16.7. The Balaban J connectivity index is 1.18. The van der Waals surface area contributed by atoms with Crippen molar-refractivity contribution >= 4 is 31.5 Å². The van der Waals surface area contributed by atoms with Gasteiger partial charge in [-0.2, -0.15) is 0 Å². The van der Waals surface area contributed by atoms with E-state index in [0.29, 0.717) is 0 Å². The standard InChI is InChI=1S/C55H35N5S/c1-2-10-36(11-3-1)47-16-4-18-50-51-19-5-17-49(55(51)61-54(47)50)48-20-21-52(45-28-41(37-12-6-22-56-32-37)26-42(29-45)38-13-7-23-57-33-38)60-53(48)46-30-43(39-14-8-24-58-34-39)27-44(31-46)40-15-9-25-59-35-40/h1-35H. The Morgan fingerprint density at radius 1 is 0.295 bits per heavy atom. The second kappa shape index (κ2) is 15.7. The van der Waals surface area contributed by atoms with Crippen LogP contribution in [-0.4, -0.2) is 24.9 Å². The second-order valence-electron chi connectivity index (χ2n) is 15.0. The van der Waals surface area contributed by atoms with Crippen molar-refractivity contribution in [3.8, 4) is 89.3 Å². The molecule has 5 nitrogen and oxygen atoms in total. The van der Waals surface area contributed by atoms with E-state index in [0.717, 1.165) is 78.1 Å². The molecule has 286 valence electrons. The highest BCUT2D eigenvalue weighted by atomic mass is 32.1. The summed E-state index contributed by atoms with van der Waals surface area (Å²) in [5, 5.41) is 2.48. The van der Waals surface area contributed by atoms with Crippen molar-refractivity contribution in [2.75, 3.05) is 0 Å². The maximum absolute atomic E-state index is 5.70. The van der Waals surface area contributed by atoms with Crippen molar-refractivity contribution in [3.05, 3.63) is 213 Å². The molecule has 0 saturated heterocycles. The van der Waals surface area contributed by atoms with Gasteiger partial charge in [-0.05, 0) is 106 Å². The number of fused-ring (bicyclic) bond motifs is 3. The molecule has 6 heterocycles. The third-order valence-corrected chi connectivity index (χ3v) is 12.5. The molecule has 0 fully saturated rings. The minimum absolute atomic E-state index is 0.860. The molecule has 0 aliphatic rings. The maximum Gasteiger partial charge on any atom is 0.0788 e. The molecule has 11 rings (SSSR count). The average Bonchev–Trinajstić information content (AvgIpc) is 3.74. The Bertz CT molecular complexity index is 3220. The van der Waals surface area contributed by atoms with Crippen LogP contribution < -0.4 is 0 Å². The molecule has 6 heteroatoms. The van der Waals surface area contributed by atoms with Gasteiger partial charge in [0.2, 0.25) is 0 Å². The van der Waals surface area contributed by atoms with Gasteiger partial charge in [-0.25, -0.2) is 4.98 Å². The second-order valence-corrected chi connectivity index (χ2v) is 16.0. The highest BCUT2D eigenvalue weighted by molar-refractivity contribution is 7.26. The normalized spacial score (nSPS) is 11.3. The molecule has 0 saturated carbocycles. The predicted octanol–water partition coefficient (Wildman–Crippen LogP) is 14.4. The minimum Gasteiger partial charge on any atom is -0.264 e. The van der Waals surface area contributed by atoms with Crippen molar-refractivity contribution in [2.45, 2.75) is 0 Å². The van der Waals surface area contributed by atoms with Crippen LogP contribution in [0, 0.1) is 0 Å². The number of nitrogens with zero attached hydrogens (tertiary/aromatic N) is 5. The third kappa shape index (κ3) is 6.95. The van der Waals surface area contributed by atoms with Gasteiger partial charge in [-0.15, -0.1) is 11.3 Å². The predicted molar refractivity (Wildman–Crippen MR) is 252 cm³/mol. The van der Waals surface area contributed by atoms with Crippen molar-refractivity contribution in [2.24, 2.45) is 0 Å². The van der Waals surface area contributed by atoms with E-state index in [1.54, 1.807) is 12.4 Å². The quantitative estimate of drug-likeness (QED) is 0.153. The third-order valence-electron chi connectivity index (χ3n) is 11.2. The molecule has 0 N–H and O–H groups in total. The van der Waals surface area contributed by atoms with E-state index < -0.39 is 0 Å². The lowest BCUT2D eigenvalue weighted by Gasteiger charge is -2.16. The van der Waals surface area contributed by atoms with Gasteiger partial charge >= 0.3 is 0 Å². The zero-order chi connectivity index (χ0) is 40.5. The molecule has 5 aromatic carbocycles. The van der Waals surface area contributed by atoms with Gasteiger partial charge < -0.3 is 0 Å². The van der Waals surface area contributed by atoms with Crippen molar-refractivity contribution in [3.63, 3.8) is 0 Å². The van der Waals surface area contributed by atoms with Crippen LogP contribution in [0.2, 0.25) is 0 Å². The fraction of sp³-hybridized carbons (Fsp3) is 0. The van der Waals surface area contributed by atoms with Crippen LogP contribution >= 0.6 is 11.3 Å². The van der Waals surface area contributed by atoms with Gasteiger partial charge in [-0.1, -0.05) is 91.0 Å². The first-order valence-corrected chi connectivity index (χ1v) is 21.0. The molecule has 11 aromatic rings. The lowest BCUT2D eigenvalue weighted by Crippen LogP contribution is -1.95. The van der Waals surface area contributed by atoms with Gasteiger partial charge in [0.05, 0.1) is 11.4 Å². The lowest BCUT2D eigenvalue weighted by molar-refractivity contribution is 1.30. The van der Waals surface area contributed by atoms with Crippen molar-refractivity contribution < 1.29 is 0 Å². The Hall–Kier alpha value is -7.93. The Morgan fingerprint density at radius 2 is 0.738 bits per heavy atom. The van der Waals surface area contributed by atoms with Crippen LogP contribution in [0.5, 0.6) is 0 Å². The molecule has 61 heavy (non-hydrogen) atoms. The molecule has 6 aromatic heterocycles. The highest BCUT2D eigenvalue weighted by Crippen LogP contribution is 2.46. The van der Waals surface area contributed by atoms with Crippen LogP contribution in [0.25, 0.3) is 109 Å². The molecule has 0 radical (unpaired) electrons.